The zero-order valence-electron chi connectivity index (χ0n) is 20.0. The summed E-state index contributed by atoms with van der Waals surface area (Å²) in [5.74, 6) is 0.533. The second-order valence-electron chi connectivity index (χ2n) is 8.35. The Morgan fingerprint density at radius 3 is 2.70 bits per heavy atom. The van der Waals surface area contributed by atoms with E-state index in [-0.39, 0.29) is 23.2 Å². The second-order valence-corrected chi connectivity index (χ2v) is 9.81. The highest BCUT2D eigenvalue weighted by molar-refractivity contribution is 7.80. The lowest BCUT2D eigenvalue weighted by Gasteiger charge is -2.12. The zero-order valence-corrected chi connectivity index (χ0v) is 21.6. The lowest BCUT2D eigenvalue weighted by molar-refractivity contribution is -0.119. The number of hydrogen-bond donors (Lipinski definition) is 2. The average Bonchev–Trinajstić information content (AvgIpc) is 3.48. The number of carbonyl (C=O) groups excluding carboxylic acids is 1. The molecule has 3 heterocycles. The van der Waals surface area contributed by atoms with Crippen molar-refractivity contribution in [3.63, 3.8) is 0 Å². The van der Waals surface area contributed by atoms with Crippen LogP contribution in [0.1, 0.15) is 11.1 Å². The molecule has 7 nitrogen and oxygen atoms in total. The molecule has 186 valence electrons. The number of imidazole rings is 1. The predicted octanol–water partition coefficient (Wildman–Crippen LogP) is 5.99. The Labute approximate surface area is 222 Å². The molecule has 0 spiro atoms. The molecule has 0 atom stereocenters. The van der Waals surface area contributed by atoms with Crippen LogP contribution in [0.3, 0.4) is 0 Å². The Morgan fingerprint density at radius 2 is 1.95 bits per heavy atom. The molecule has 0 unspecified atom stereocenters. The van der Waals surface area contributed by atoms with E-state index in [0.717, 1.165) is 32.0 Å². The molecule has 0 aliphatic rings. The van der Waals surface area contributed by atoms with Crippen molar-refractivity contribution >= 4 is 50.5 Å². The minimum atomic E-state index is -0.579. The summed E-state index contributed by atoms with van der Waals surface area (Å²) in [6, 6.07) is 15.7. The smallest absolute Gasteiger partial charge is 0.230 e. The number of carbonyl (C=O) groups is 1. The summed E-state index contributed by atoms with van der Waals surface area (Å²) in [6.45, 7) is 1.94. The molecule has 0 saturated heterocycles. The topological polar surface area (TPSA) is 81.1 Å². The first-order valence-corrected chi connectivity index (χ1v) is 12.6. The van der Waals surface area contributed by atoms with Gasteiger partial charge in [-0.25, -0.2) is 9.37 Å². The average molecular weight is 532 g/mol. The van der Waals surface area contributed by atoms with E-state index < -0.39 is 5.82 Å². The third-order valence-electron chi connectivity index (χ3n) is 5.69. The number of halogens is 1. The van der Waals surface area contributed by atoms with Gasteiger partial charge in [-0.1, -0.05) is 24.3 Å². The van der Waals surface area contributed by atoms with E-state index in [0.29, 0.717) is 11.4 Å². The van der Waals surface area contributed by atoms with Gasteiger partial charge < -0.3 is 19.9 Å². The van der Waals surface area contributed by atoms with Gasteiger partial charge in [-0.2, -0.15) is 0 Å². The first-order valence-electron chi connectivity index (χ1n) is 11.4. The van der Waals surface area contributed by atoms with Crippen LogP contribution in [0.25, 0.3) is 20.9 Å². The van der Waals surface area contributed by atoms with Crippen molar-refractivity contribution in [3.05, 3.63) is 90.1 Å². The summed E-state index contributed by atoms with van der Waals surface area (Å²) in [4.78, 5) is 22.1. The lowest BCUT2D eigenvalue weighted by Crippen LogP contribution is -2.35. The van der Waals surface area contributed by atoms with Crippen LogP contribution in [0.15, 0.2) is 73.2 Å². The molecule has 37 heavy (non-hydrogen) atoms. The van der Waals surface area contributed by atoms with Crippen LogP contribution in [-0.4, -0.2) is 25.6 Å². The number of anilines is 1. The van der Waals surface area contributed by atoms with Gasteiger partial charge in [0, 0.05) is 43.5 Å². The van der Waals surface area contributed by atoms with E-state index in [1.165, 1.54) is 23.5 Å². The van der Waals surface area contributed by atoms with Gasteiger partial charge in [0.15, 0.2) is 16.7 Å². The van der Waals surface area contributed by atoms with E-state index in [1.54, 1.807) is 24.5 Å². The standard InChI is InChI=1S/C27H22FN5O2S2/c1-16-5-3-4-6-17(16)13-24(34)32-27(36)31-18-7-8-21(19(28)14-18)35-22-9-10-29-20-15-23(37-25(20)22)26-30-11-12-33(26)2/h3-12,14-15H,13H2,1-2H3,(H2,31,32,34,36). The Hall–Kier alpha value is -4.15. The third kappa shape index (κ3) is 5.50. The Morgan fingerprint density at radius 1 is 1.11 bits per heavy atom. The minimum Gasteiger partial charge on any atom is -0.453 e. The molecule has 0 bridgehead atoms. The van der Waals surface area contributed by atoms with Crippen LogP contribution in [0.5, 0.6) is 11.5 Å². The SMILES string of the molecule is Cc1ccccc1CC(=O)NC(=S)Nc1ccc(Oc2ccnc3cc(-c4nccn4C)sc23)c(F)c1. The normalized spacial score (nSPS) is 10.9. The van der Waals surface area contributed by atoms with Crippen molar-refractivity contribution < 1.29 is 13.9 Å². The van der Waals surface area contributed by atoms with Crippen molar-refractivity contribution in [1.82, 2.24) is 19.9 Å². The number of rotatable bonds is 6. The van der Waals surface area contributed by atoms with Crippen LogP contribution < -0.4 is 15.4 Å². The van der Waals surface area contributed by atoms with Gasteiger partial charge >= 0.3 is 0 Å². The zero-order chi connectivity index (χ0) is 25.9. The number of benzene rings is 2. The number of thiophene rings is 1. The number of aryl methyl sites for hydroxylation is 2. The Kier molecular flexibility index (Phi) is 6.93. The fourth-order valence-corrected chi connectivity index (χ4v) is 5.14. The van der Waals surface area contributed by atoms with Crippen molar-refractivity contribution in [2.75, 3.05) is 5.32 Å². The van der Waals surface area contributed by atoms with E-state index in [9.17, 15) is 9.18 Å². The van der Waals surface area contributed by atoms with Crippen LogP contribution in [-0.2, 0) is 18.3 Å². The molecule has 5 rings (SSSR count). The highest BCUT2D eigenvalue weighted by atomic mass is 32.1. The fraction of sp³-hybridized carbons (Fsp3) is 0.111. The molecule has 0 fully saturated rings. The van der Waals surface area contributed by atoms with Crippen molar-refractivity contribution in [3.8, 4) is 22.2 Å². The molecule has 0 radical (unpaired) electrons. The number of aromatic nitrogens is 3. The van der Waals surface area contributed by atoms with Crippen LogP contribution in [0, 0.1) is 12.7 Å². The molecule has 0 saturated carbocycles. The Balaban J connectivity index is 1.26. The molecule has 2 aromatic carbocycles. The maximum atomic E-state index is 14.9. The van der Waals surface area contributed by atoms with Crippen LogP contribution in [0.4, 0.5) is 10.1 Å². The van der Waals surface area contributed by atoms with Gasteiger partial charge in [-0.05, 0) is 48.5 Å². The monoisotopic (exact) mass is 531 g/mol. The van der Waals surface area contributed by atoms with Gasteiger partial charge in [0.25, 0.3) is 0 Å². The molecular formula is C27H22FN5O2S2. The maximum Gasteiger partial charge on any atom is 0.230 e. The summed E-state index contributed by atoms with van der Waals surface area (Å²) in [6.07, 6.45) is 5.42. The van der Waals surface area contributed by atoms with E-state index in [4.69, 9.17) is 17.0 Å². The Bertz CT molecular complexity index is 1630. The largest absolute Gasteiger partial charge is 0.453 e. The van der Waals surface area contributed by atoms with Crippen molar-refractivity contribution in [2.24, 2.45) is 7.05 Å². The minimum absolute atomic E-state index is 0.0551. The van der Waals surface area contributed by atoms with Gasteiger partial charge in [-0.3, -0.25) is 9.78 Å². The summed E-state index contributed by atoms with van der Waals surface area (Å²) >= 11 is 6.71. The molecule has 10 heteroatoms. The molecular weight excluding hydrogens is 509 g/mol. The van der Waals surface area contributed by atoms with Gasteiger partial charge in [0.1, 0.15) is 11.6 Å². The fourth-order valence-electron chi connectivity index (χ4n) is 3.80. The number of thiocarbonyl (C=S) groups is 1. The number of ether oxygens (including phenoxy) is 1. The highest BCUT2D eigenvalue weighted by Crippen LogP contribution is 2.39. The molecule has 5 aromatic rings. The van der Waals surface area contributed by atoms with E-state index in [1.807, 2.05) is 55.1 Å². The number of nitrogens with zero attached hydrogens (tertiary/aromatic N) is 3. The lowest BCUT2D eigenvalue weighted by atomic mass is 10.1. The van der Waals surface area contributed by atoms with Gasteiger partial charge in [-0.15, -0.1) is 11.3 Å². The summed E-state index contributed by atoms with van der Waals surface area (Å²) in [5, 5.41) is 5.56. The third-order valence-corrected chi connectivity index (χ3v) is 7.03. The van der Waals surface area contributed by atoms with E-state index in [2.05, 4.69) is 20.6 Å². The highest BCUT2D eigenvalue weighted by Gasteiger charge is 2.15. The quantitative estimate of drug-likeness (QED) is 0.262. The van der Waals surface area contributed by atoms with E-state index >= 15 is 0 Å². The molecule has 2 N–H and O–H groups in total. The van der Waals surface area contributed by atoms with Gasteiger partial charge in [0.2, 0.25) is 5.91 Å². The predicted molar refractivity (Wildman–Crippen MR) is 148 cm³/mol. The molecule has 1 amide bonds. The van der Waals surface area contributed by atoms with Crippen LogP contribution in [0.2, 0.25) is 0 Å². The molecule has 0 aliphatic heterocycles. The van der Waals surface area contributed by atoms with Gasteiger partial charge in [0.05, 0.1) is 21.5 Å². The number of hydrogen-bond acceptors (Lipinski definition) is 6. The first kappa shape index (κ1) is 24.5. The van der Waals surface area contributed by atoms with Crippen molar-refractivity contribution in [1.29, 1.82) is 0 Å². The van der Waals surface area contributed by atoms with Crippen molar-refractivity contribution in [2.45, 2.75) is 13.3 Å². The second kappa shape index (κ2) is 10.5. The number of pyridine rings is 1. The maximum absolute atomic E-state index is 14.9. The molecule has 0 aliphatic carbocycles. The first-order chi connectivity index (χ1) is 17.9. The summed E-state index contributed by atoms with van der Waals surface area (Å²) < 4.78 is 23.6. The van der Waals surface area contributed by atoms with Crippen LogP contribution >= 0.6 is 23.6 Å². The number of fused-ring (bicyclic) bond motifs is 1. The summed E-state index contributed by atoms with van der Waals surface area (Å²) in [7, 11) is 1.92. The molecule has 3 aromatic heterocycles. The number of nitrogens with one attached hydrogen (secondary N) is 2. The summed E-state index contributed by atoms with van der Waals surface area (Å²) in [5.41, 5.74) is 3.07. The number of amides is 1.